The van der Waals surface area contributed by atoms with Gasteiger partial charge in [0.15, 0.2) is 0 Å². The third-order valence-corrected chi connectivity index (χ3v) is 3.76. The van der Waals surface area contributed by atoms with Crippen molar-refractivity contribution in [3.63, 3.8) is 0 Å². The van der Waals surface area contributed by atoms with E-state index in [-0.39, 0.29) is 18.6 Å². The topological polar surface area (TPSA) is 41.6 Å². The lowest BCUT2D eigenvalue weighted by Gasteiger charge is -2.30. The predicted molar refractivity (Wildman–Crippen MR) is 79.6 cm³/mol. The highest BCUT2D eigenvalue weighted by atomic mass is 16.5. The maximum atomic E-state index is 11.8. The van der Waals surface area contributed by atoms with Gasteiger partial charge in [-0.1, -0.05) is 37.6 Å². The molecule has 1 aromatic rings. The van der Waals surface area contributed by atoms with Crippen LogP contribution in [0.25, 0.3) is 0 Å². The standard InChI is InChI=1S/C16H24N2O2/c1-3-4-13-5-7-14(8-6-13)15(17-2)11-18-9-10-20-12-16(18)19/h5-8,15,17H,3-4,9-12H2,1-2H3. The lowest BCUT2D eigenvalue weighted by molar-refractivity contribution is -0.143. The van der Waals surface area contributed by atoms with Crippen LogP contribution in [0.4, 0.5) is 0 Å². The van der Waals surface area contributed by atoms with Gasteiger partial charge in [-0.3, -0.25) is 4.79 Å². The van der Waals surface area contributed by atoms with Crippen LogP contribution in [0.3, 0.4) is 0 Å². The summed E-state index contributed by atoms with van der Waals surface area (Å²) in [6.07, 6.45) is 2.28. The summed E-state index contributed by atoms with van der Waals surface area (Å²) >= 11 is 0. The molecule has 2 rings (SSSR count). The zero-order valence-electron chi connectivity index (χ0n) is 12.4. The molecule has 0 bridgehead atoms. The minimum Gasteiger partial charge on any atom is -0.370 e. The Bertz CT molecular complexity index is 431. The largest absolute Gasteiger partial charge is 0.370 e. The lowest BCUT2D eigenvalue weighted by atomic mass is 10.0. The smallest absolute Gasteiger partial charge is 0.248 e. The van der Waals surface area contributed by atoms with E-state index in [4.69, 9.17) is 4.74 Å². The molecule has 0 aliphatic carbocycles. The quantitative estimate of drug-likeness (QED) is 0.861. The summed E-state index contributed by atoms with van der Waals surface area (Å²) in [7, 11) is 1.94. The first-order valence-electron chi connectivity index (χ1n) is 7.36. The van der Waals surface area contributed by atoms with Crippen LogP contribution in [0.15, 0.2) is 24.3 Å². The zero-order chi connectivity index (χ0) is 14.4. The maximum absolute atomic E-state index is 11.8. The first kappa shape index (κ1) is 15.0. The van der Waals surface area contributed by atoms with Crippen molar-refractivity contribution in [2.75, 3.05) is 33.4 Å². The number of benzene rings is 1. The van der Waals surface area contributed by atoms with E-state index in [0.29, 0.717) is 19.7 Å². The number of likely N-dealkylation sites (N-methyl/N-ethyl adjacent to an activating group) is 1. The van der Waals surface area contributed by atoms with Gasteiger partial charge in [-0.15, -0.1) is 0 Å². The molecule has 1 saturated heterocycles. The average molecular weight is 276 g/mol. The van der Waals surface area contributed by atoms with Crippen LogP contribution < -0.4 is 5.32 Å². The van der Waals surface area contributed by atoms with Gasteiger partial charge in [0.1, 0.15) is 6.61 Å². The van der Waals surface area contributed by atoms with Gasteiger partial charge in [0.2, 0.25) is 5.91 Å². The van der Waals surface area contributed by atoms with Crippen molar-refractivity contribution in [3.8, 4) is 0 Å². The van der Waals surface area contributed by atoms with E-state index in [2.05, 4.69) is 36.5 Å². The molecular weight excluding hydrogens is 252 g/mol. The maximum Gasteiger partial charge on any atom is 0.248 e. The van der Waals surface area contributed by atoms with Crippen molar-refractivity contribution in [1.82, 2.24) is 10.2 Å². The number of morpholine rings is 1. The number of hydrogen-bond donors (Lipinski definition) is 1. The van der Waals surface area contributed by atoms with Crippen LogP contribution in [0, 0.1) is 0 Å². The summed E-state index contributed by atoms with van der Waals surface area (Å²) in [5.41, 5.74) is 2.60. The van der Waals surface area contributed by atoms with Crippen LogP contribution in [0.2, 0.25) is 0 Å². The van der Waals surface area contributed by atoms with E-state index in [0.717, 1.165) is 12.8 Å². The molecular formula is C16H24N2O2. The molecule has 110 valence electrons. The monoisotopic (exact) mass is 276 g/mol. The van der Waals surface area contributed by atoms with E-state index < -0.39 is 0 Å². The Hall–Kier alpha value is -1.39. The second-order valence-electron chi connectivity index (χ2n) is 5.23. The molecule has 4 heteroatoms. The molecule has 1 heterocycles. The molecule has 1 aliphatic heterocycles. The van der Waals surface area contributed by atoms with Gasteiger partial charge in [0.25, 0.3) is 0 Å². The molecule has 1 aliphatic rings. The SMILES string of the molecule is CCCc1ccc(C(CN2CCOCC2=O)NC)cc1. The first-order chi connectivity index (χ1) is 9.74. The number of hydrogen-bond acceptors (Lipinski definition) is 3. The summed E-state index contributed by atoms with van der Waals surface area (Å²) in [5.74, 6) is 0.0825. The highest BCUT2D eigenvalue weighted by Gasteiger charge is 2.22. The Morgan fingerprint density at radius 1 is 1.35 bits per heavy atom. The van der Waals surface area contributed by atoms with Crippen molar-refractivity contribution in [3.05, 3.63) is 35.4 Å². The van der Waals surface area contributed by atoms with Crippen LogP contribution in [0.5, 0.6) is 0 Å². The summed E-state index contributed by atoms with van der Waals surface area (Å²) < 4.78 is 5.16. The fraction of sp³-hybridized carbons (Fsp3) is 0.562. The van der Waals surface area contributed by atoms with Gasteiger partial charge < -0.3 is 15.0 Å². The highest BCUT2D eigenvalue weighted by Crippen LogP contribution is 2.17. The van der Waals surface area contributed by atoms with E-state index in [9.17, 15) is 4.79 Å². The summed E-state index contributed by atoms with van der Waals surface area (Å²) in [4.78, 5) is 13.7. The molecule has 1 unspecified atom stereocenters. The van der Waals surface area contributed by atoms with Crippen molar-refractivity contribution in [2.24, 2.45) is 0 Å². The number of rotatable bonds is 6. The Labute approximate surface area is 121 Å². The minimum absolute atomic E-state index is 0.0825. The van der Waals surface area contributed by atoms with E-state index >= 15 is 0 Å². The normalized spacial score (nSPS) is 17.3. The molecule has 0 spiro atoms. The lowest BCUT2D eigenvalue weighted by Crippen LogP contribution is -2.45. The Kier molecular flexibility index (Phi) is 5.56. The molecule has 1 amide bonds. The van der Waals surface area contributed by atoms with Gasteiger partial charge in [0, 0.05) is 19.1 Å². The van der Waals surface area contributed by atoms with Gasteiger partial charge in [-0.05, 0) is 24.6 Å². The molecule has 1 aromatic carbocycles. The van der Waals surface area contributed by atoms with Crippen LogP contribution in [0.1, 0.15) is 30.5 Å². The fourth-order valence-electron chi connectivity index (χ4n) is 2.53. The summed E-state index contributed by atoms with van der Waals surface area (Å²) in [5, 5.41) is 3.30. The molecule has 0 radical (unpaired) electrons. The molecule has 1 atom stereocenters. The summed E-state index contributed by atoms with van der Waals surface area (Å²) in [6, 6.07) is 8.87. The number of carbonyl (C=O) groups excluding carboxylic acids is 1. The van der Waals surface area contributed by atoms with Gasteiger partial charge in [0.05, 0.1) is 6.61 Å². The average Bonchev–Trinajstić information content (AvgIpc) is 2.48. The molecule has 1 N–H and O–H groups in total. The van der Waals surface area contributed by atoms with Crippen molar-refractivity contribution < 1.29 is 9.53 Å². The van der Waals surface area contributed by atoms with E-state index in [1.54, 1.807) is 0 Å². The number of ether oxygens (including phenoxy) is 1. The highest BCUT2D eigenvalue weighted by molar-refractivity contribution is 5.78. The van der Waals surface area contributed by atoms with Crippen LogP contribution in [-0.4, -0.2) is 44.2 Å². The van der Waals surface area contributed by atoms with E-state index in [1.165, 1.54) is 11.1 Å². The van der Waals surface area contributed by atoms with E-state index in [1.807, 2.05) is 11.9 Å². The van der Waals surface area contributed by atoms with Crippen molar-refractivity contribution >= 4 is 5.91 Å². The predicted octanol–water partition coefficient (Wildman–Crippen LogP) is 1.76. The molecule has 4 nitrogen and oxygen atoms in total. The van der Waals surface area contributed by atoms with Crippen molar-refractivity contribution in [2.45, 2.75) is 25.8 Å². The molecule has 20 heavy (non-hydrogen) atoms. The van der Waals surface area contributed by atoms with Gasteiger partial charge in [-0.2, -0.15) is 0 Å². The number of amides is 1. The van der Waals surface area contributed by atoms with Crippen LogP contribution >= 0.6 is 0 Å². The van der Waals surface area contributed by atoms with Gasteiger partial charge in [-0.25, -0.2) is 0 Å². The number of carbonyl (C=O) groups is 1. The number of nitrogens with one attached hydrogen (secondary N) is 1. The number of aryl methyl sites for hydroxylation is 1. The first-order valence-corrected chi connectivity index (χ1v) is 7.36. The van der Waals surface area contributed by atoms with Crippen molar-refractivity contribution in [1.29, 1.82) is 0 Å². The summed E-state index contributed by atoms with van der Waals surface area (Å²) in [6.45, 7) is 4.43. The zero-order valence-corrected chi connectivity index (χ0v) is 12.4. The van der Waals surface area contributed by atoms with Crippen LogP contribution in [-0.2, 0) is 16.0 Å². The Morgan fingerprint density at radius 3 is 2.70 bits per heavy atom. The molecule has 0 aromatic heterocycles. The van der Waals surface area contributed by atoms with Gasteiger partial charge >= 0.3 is 0 Å². The Morgan fingerprint density at radius 2 is 2.10 bits per heavy atom. The number of nitrogens with zero attached hydrogens (tertiary/aromatic N) is 1. The third kappa shape index (κ3) is 3.81. The molecule has 0 saturated carbocycles. The third-order valence-electron chi connectivity index (χ3n) is 3.76. The second-order valence-corrected chi connectivity index (χ2v) is 5.23. The Balaban J connectivity index is 2.01. The molecule has 1 fully saturated rings. The fourth-order valence-corrected chi connectivity index (χ4v) is 2.53. The second kappa shape index (κ2) is 7.41. The minimum atomic E-state index is 0.0825.